The summed E-state index contributed by atoms with van der Waals surface area (Å²) in [6.07, 6.45) is 1.16. The van der Waals surface area contributed by atoms with Crippen LogP contribution in [0.15, 0.2) is 36.0 Å². The summed E-state index contributed by atoms with van der Waals surface area (Å²) in [5.41, 5.74) is 0.829. The van der Waals surface area contributed by atoms with Gasteiger partial charge in [-0.3, -0.25) is 0 Å². The van der Waals surface area contributed by atoms with Crippen LogP contribution < -0.4 is 5.32 Å². The number of hydrogen-bond donors (Lipinski definition) is 3. The summed E-state index contributed by atoms with van der Waals surface area (Å²) in [4.78, 5) is 22.2. The van der Waals surface area contributed by atoms with Gasteiger partial charge in [0.25, 0.3) is 0 Å². The van der Waals surface area contributed by atoms with Gasteiger partial charge in [-0.15, -0.1) is 0 Å². The Morgan fingerprint density at radius 1 is 1.32 bits per heavy atom. The summed E-state index contributed by atoms with van der Waals surface area (Å²) in [6, 6.07) is 4.76. The number of carbonyl (C=O) groups is 2. The Balaban J connectivity index is 2.91. The van der Waals surface area contributed by atoms with Crippen molar-refractivity contribution in [1.82, 2.24) is 5.32 Å². The molecular formula is C13H15NO5. The van der Waals surface area contributed by atoms with Crippen LogP contribution in [0.2, 0.25) is 0 Å². The second kappa shape index (κ2) is 6.44. The molecule has 1 atom stereocenters. The van der Waals surface area contributed by atoms with Gasteiger partial charge >= 0.3 is 11.9 Å². The highest BCUT2D eigenvalue weighted by Crippen LogP contribution is 2.18. The summed E-state index contributed by atoms with van der Waals surface area (Å²) in [6.45, 7) is 1.56. The summed E-state index contributed by atoms with van der Waals surface area (Å²) < 4.78 is 4.45. The van der Waals surface area contributed by atoms with Gasteiger partial charge in [0.1, 0.15) is 11.8 Å². The second-order valence-corrected chi connectivity index (χ2v) is 3.86. The molecular weight excluding hydrogens is 250 g/mol. The van der Waals surface area contributed by atoms with E-state index in [1.54, 1.807) is 6.92 Å². The highest BCUT2D eigenvalue weighted by atomic mass is 16.5. The number of rotatable bonds is 5. The van der Waals surface area contributed by atoms with Crippen LogP contribution in [-0.4, -0.2) is 29.3 Å². The molecule has 0 aliphatic rings. The van der Waals surface area contributed by atoms with Crippen molar-refractivity contribution in [1.29, 1.82) is 0 Å². The van der Waals surface area contributed by atoms with E-state index in [1.807, 2.05) is 0 Å². The number of methoxy groups -OCH3 is 1. The van der Waals surface area contributed by atoms with Crippen LogP contribution in [0, 0.1) is 0 Å². The average molecular weight is 265 g/mol. The summed E-state index contributed by atoms with van der Waals surface area (Å²) >= 11 is 0. The number of ether oxygens (including phenoxy) is 1. The first-order valence-corrected chi connectivity index (χ1v) is 5.48. The Hall–Kier alpha value is -2.50. The molecule has 0 spiro atoms. The van der Waals surface area contributed by atoms with Gasteiger partial charge in [0.15, 0.2) is 0 Å². The molecule has 1 aromatic rings. The zero-order chi connectivity index (χ0) is 14.4. The molecule has 0 heterocycles. The van der Waals surface area contributed by atoms with E-state index in [9.17, 15) is 9.59 Å². The number of nitrogens with one attached hydrogen (secondary N) is 1. The van der Waals surface area contributed by atoms with Crippen molar-refractivity contribution in [3.63, 3.8) is 0 Å². The number of esters is 1. The third-order valence-corrected chi connectivity index (χ3v) is 2.38. The van der Waals surface area contributed by atoms with Crippen LogP contribution in [0.3, 0.4) is 0 Å². The van der Waals surface area contributed by atoms with Crippen molar-refractivity contribution in [3.05, 3.63) is 41.6 Å². The molecule has 6 heteroatoms. The van der Waals surface area contributed by atoms with Gasteiger partial charge in [0.2, 0.25) is 0 Å². The lowest BCUT2D eigenvalue weighted by Crippen LogP contribution is -2.27. The van der Waals surface area contributed by atoms with Gasteiger partial charge in [-0.05, 0) is 24.6 Å². The molecule has 1 rings (SSSR count). The molecule has 0 bridgehead atoms. The van der Waals surface area contributed by atoms with Crippen molar-refractivity contribution < 1.29 is 24.5 Å². The number of phenolic OH excluding ortho intramolecular Hbond substituents is 1. The molecule has 0 radical (unpaired) electrons. The van der Waals surface area contributed by atoms with Gasteiger partial charge in [0.05, 0.1) is 7.11 Å². The van der Waals surface area contributed by atoms with Gasteiger partial charge in [-0.1, -0.05) is 12.1 Å². The minimum atomic E-state index is -1.09. The molecule has 0 aliphatic heterocycles. The summed E-state index contributed by atoms with van der Waals surface area (Å²) in [5, 5.41) is 21.0. The monoisotopic (exact) mass is 265 g/mol. The lowest BCUT2D eigenvalue weighted by molar-refractivity contribution is -0.139. The second-order valence-electron chi connectivity index (χ2n) is 3.86. The predicted molar refractivity (Wildman–Crippen MR) is 67.4 cm³/mol. The Morgan fingerprint density at radius 2 is 1.89 bits per heavy atom. The maximum atomic E-state index is 11.2. The smallest absolute Gasteiger partial charge is 0.332 e. The minimum Gasteiger partial charge on any atom is -0.508 e. The predicted octanol–water partition coefficient (Wildman–Crippen LogP) is 1.18. The minimum absolute atomic E-state index is 0.0507. The highest BCUT2D eigenvalue weighted by molar-refractivity contribution is 5.83. The number of carbonyl (C=O) groups excluding carboxylic acids is 1. The molecule has 0 fully saturated rings. The largest absolute Gasteiger partial charge is 0.508 e. The maximum Gasteiger partial charge on any atom is 0.332 e. The van der Waals surface area contributed by atoms with E-state index < -0.39 is 18.0 Å². The topological polar surface area (TPSA) is 95.9 Å². The number of carboxylic acids is 1. The fraction of sp³-hybridized carbons (Fsp3) is 0.231. The number of aliphatic carboxylic acids is 1. The number of benzene rings is 1. The van der Waals surface area contributed by atoms with E-state index in [0.717, 1.165) is 6.08 Å². The van der Waals surface area contributed by atoms with E-state index in [1.165, 1.54) is 31.4 Å². The van der Waals surface area contributed by atoms with Gasteiger partial charge in [0, 0.05) is 11.8 Å². The van der Waals surface area contributed by atoms with Crippen LogP contribution in [0.4, 0.5) is 0 Å². The molecule has 19 heavy (non-hydrogen) atoms. The Labute approximate surface area is 110 Å². The normalized spacial score (nSPS) is 12.6. The van der Waals surface area contributed by atoms with Gasteiger partial charge in [-0.25, -0.2) is 9.59 Å². The average Bonchev–Trinajstić information content (AvgIpc) is 2.36. The van der Waals surface area contributed by atoms with Crippen LogP contribution in [0.25, 0.3) is 0 Å². The molecule has 0 amide bonds. The van der Waals surface area contributed by atoms with E-state index in [0.29, 0.717) is 11.3 Å². The molecule has 0 saturated carbocycles. The van der Waals surface area contributed by atoms with E-state index >= 15 is 0 Å². The highest BCUT2D eigenvalue weighted by Gasteiger charge is 2.19. The Kier molecular flexibility index (Phi) is 4.93. The molecule has 102 valence electrons. The zero-order valence-corrected chi connectivity index (χ0v) is 10.6. The fourth-order valence-corrected chi connectivity index (χ4v) is 1.46. The van der Waals surface area contributed by atoms with Crippen molar-refractivity contribution >= 4 is 11.9 Å². The molecule has 6 nitrogen and oxygen atoms in total. The van der Waals surface area contributed by atoms with Crippen LogP contribution in [-0.2, 0) is 14.3 Å². The van der Waals surface area contributed by atoms with Crippen molar-refractivity contribution in [2.24, 2.45) is 0 Å². The number of hydrogen-bond acceptors (Lipinski definition) is 5. The van der Waals surface area contributed by atoms with Crippen molar-refractivity contribution in [2.45, 2.75) is 13.0 Å². The number of phenols is 1. The number of carboxylic acid groups (broad SMARTS) is 1. The van der Waals surface area contributed by atoms with E-state index in [2.05, 4.69) is 10.1 Å². The molecule has 3 N–H and O–H groups in total. The van der Waals surface area contributed by atoms with Crippen LogP contribution >= 0.6 is 0 Å². The lowest BCUT2D eigenvalue weighted by Gasteiger charge is -2.16. The first-order valence-electron chi connectivity index (χ1n) is 5.48. The first kappa shape index (κ1) is 14.6. The third-order valence-electron chi connectivity index (χ3n) is 2.38. The van der Waals surface area contributed by atoms with Crippen LogP contribution in [0.1, 0.15) is 18.5 Å². The summed E-state index contributed by atoms with van der Waals surface area (Å²) in [5.74, 6) is -1.61. The van der Waals surface area contributed by atoms with Gasteiger partial charge in [-0.2, -0.15) is 0 Å². The van der Waals surface area contributed by atoms with Crippen molar-refractivity contribution in [2.75, 3.05) is 7.11 Å². The van der Waals surface area contributed by atoms with Crippen molar-refractivity contribution in [3.8, 4) is 5.75 Å². The third kappa shape index (κ3) is 4.34. The van der Waals surface area contributed by atoms with E-state index in [4.69, 9.17) is 10.2 Å². The first-order chi connectivity index (χ1) is 8.93. The van der Waals surface area contributed by atoms with E-state index in [-0.39, 0.29) is 5.75 Å². The fourth-order valence-electron chi connectivity index (χ4n) is 1.46. The maximum absolute atomic E-state index is 11.2. The SMILES string of the molecule is COC(=O)C=C(C)NC(C(=O)O)c1ccc(O)cc1. The Bertz CT molecular complexity index is 492. The number of allylic oxidation sites excluding steroid dienone is 1. The molecule has 0 aromatic heterocycles. The van der Waals surface area contributed by atoms with Crippen LogP contribution in [0.5, 0.6) is 5.75 Å². The molecule has 1 aromatic carbocycles. The molecule has 1 unspecified atom stereocenters. The zero-order valence-electron chi connectivity index (χ0n) is 10.6. The summed E-state index contributed by atoms with van der Waals surface area (Å²) in [7, 11) is 1.24. The molecule has 0 aliphatic carbocycles. The quantitative estimate of drug-likeness (QED) is 0.546. The van der Waals surface area contributed by atoms with Gasteiger partial charge < -0.3 is 20.3 Å². The number of aromatic hydroxyl groups is 1. The molecule has 0 saturated heterocycles. The Morgan fingerprint density at radius 3 is 2.37 bits per heavy atom. The standard InChI is InChI=1S/C13H15NO5/c1-8(7-11(16)19-2)14-12(13(17)18)9-3-5-10(15)6-4-9/h3-7,12,14-15H,1-2H3,(H,17,18). The lowest BCUT2D eigenvalue weighted by atomic mass is 10.1.